The summed E-state index contributed by atoms with van der Waals surface area (Å²) in [5.74, 6) is 0.765. The minimum Gasteiger partial charge on any atom is -0.396 e. The largest absolute Gasteiger partial charge is 0.396 e. The van der Waals surface area contributed by atoms with Crippen LogP contribution < -0.4 is 5.32 Å². The number of aliphatic hydroxyl groups excluding tert-OH is 1. The molecule has 0 aliphatic carbocycles. The van der Waals surface area contributed by atoms with Crippen LogP contribution in [0.3, 0.4) is 0 Å². The molecule has 3 nitrogen and oxygen atoms in total. The molecule has 2 atom stereocenters. The van der Waals surface area contributed by atoms with Crippen molar-refractivity contribution < 1.29 is 10.2 Å². The summed E-state index contributed by atoms with van der Waals surface area (Å²) in [4.78, 5) is 0. The van der Waals surface area contributed by atoms with Crippen LogP contribution in [0.15, 0.2) is 0 Å². The van der Waals surface area contributed by atoms with E-state index in [-0.39, 0.29) is 12.5 Å². The maximum atomic E-state index is 10.00. The van der Waals surface area contributed by atoms with Gasteiger partial charge in [-0.3, -0.25) is 0 Å². The lowest BCUT2D eigenvalue weighted by molar-refractivity contribution is 0.0133. The van der Waals surface area contributed by atoms with Gasteiger partial charge in [-0.2, -0.15) is 0 Å². The quantitative estimate of drug-likeness (QED) is 0.576. The number of rotatable bonds is 8. The summed E-state index contributed by atoms with van der Waals surface area (Å²) in [5, 5.41) is 22.1. The molecule has 0 aromatic heterocycles. The lowest BCUT2D eigenvalue weighted by Gasteiger charge is -2.28. The monoisotopic (exact) mass is 217 g/mol. The first-order chi connectivity index (χ1) is 6.94. The Morgan fingerprint density at radius 3 is 2.33 bits per heavy atom. The summed E-state index contributed by atoms with van der Waals surface area (Å²) < 4.78 is 0. The third-order valence-electron chi connectivity index (χ3n) is 3.27. The molecule has 0 aromatic rings. The molecule has 0 heterocycles. The van der Waals surface area contributed by atoms with E-state index in [2.05, 4.69) is 12.2 Å². The summed E-state index contributed by atoms with van der Waals surface area (Å²) in [5.41, 5.74) is -0.641. The Kier molecular flexibility index (Phi) is 7.14. The molecule has 15 heavy (non-hydrogen) atoms. The Bertz CT molecular complexity index is 158. The highest BCUT2D eigenvalue weighted by molar-refractivity contribution is 4.79. The van der Waals surface area contributed by atoms with Crippen molar-refractivity contribution in [3.63, 3.8) is 0 Å². The number of hydrogen-bond acceptors (Lipinski definition) is 3. The minimum absolute atomic E-state index is 0.251. The van der Waals surface area contributed by atoms with E-state index in [9.17, 15) is 5.11 Å². The molecule has 0 amide bonds. The second-order valence-electron chi connectivity index (χ2n) is 4.93. The molecule has 0 saturated heterocycles. The van der Waals surface area contributed by atoms with Crippen LogP contribution in [0.2, 0.25) is 0 Å². The van der Waals surface area contributed by atoms with Crippen molar-refractivity contribution in [2.45, 2.75) is 46.1 Å². The van der Waals surface area contributed by atoms with Crippen LogP contribution >= 0.6 is 0 Å². The van der Waals surface area contributed by atoms with Gasteiger partial charge in [0.2, 0.25) is 0 Å². The lowest BCUT2D eigenvalue weighted by atomic mass is 9.92. The summed E-state index contributed by atoms with van der Waals surface area (Å²) in [6, 6.07) is 0. The molecule has 0 aromatic carbocycles. The Balaban J connectivity index is 3.76. The fourth-order valence-electron chi connectivity index (χ4n) is 1.37. The molecule has 92 valence electrons. The lowest BCUT2D eigenvalue weighted by Crippen LogP contribution is -2.43. The third kappa shape index (κ3) is 6.13. The van der Waals surface area contributed by atoms with Crippen LogP contribution in [0.1, 0.15) is 40.5 Å². The highest BCUT2D eigenvalue weighted by Gasteiger charge is 2.24. The van der Waals surface area contributed by atoms with E-state index in [0.717, 1.165) is 19.4 Å². The first-order valence-corrected chi connectivity index (χ1v) is 5.98. The standard InChI is InChI=1S/C12H27NO2/c1-5-11(6-7-14)8-13-9-12(4,15)10(2)3/h10-11,13-15H,5-9H2,1-4H3. The van der Waals surface area contributed by atoms with E-state index in [1.165, 1.54) is 0 Å². The Hall–Kier alpha value is -0.120. The Labute approximate surface area is 93.9 Å². The second kappa shape index (κ2) is 7.20. The zero-order valence-electron chi connectivity index (χ0n) is 10.6. The van der Waals surface area contributed by atoms with Gasteiger partial charge in [-0.05, 0) is 31.7 Å². The molecular formula is C12H27NO2. The highest BCUT2D eigenvalue weighted by Crippen LogP contribution is 2.15. The fraction of sp³-hybridized carbons (Fsp3) is 1.00. The van der Waals surface area contributed by atoms with Gasteiger partial charge in [0.05, 0.1) is 5.60 Å². The first kappa shape index (κ1) is 14.9. The van der Waals surface area contributed by atoms with E-state index >= 15 is 0 Å². The average Bonchev–Trinajstić information content (AvgIpc) is 2.16. The maximum absolute atomic E-state index is 10.00. The van der Waals surface area contributed by atoms with Crippen molar-refractivity contribution in [1.82, 2.24) is 5.32 Å². The van der Waals surface area contributed by atoms with Gasteiger partial charge >= 0.3 is 0 Å². The molecule has 0 fully saturated rings. The normalized spacial score (nSPS) is 17.8. The number of aliphatic hydroxyl groups is 2. The minimum atomic E-state index is -0.641. The second-order valence-corrected chi connectivity index (χ2v) is 4.93. The SMILES string of the molecule is CCC(CCO)CNCC(C)(O)C(C)C. The van der Waals surface area contributed by atoms with Crippen molar-refractivity contribution in [3.05, 3.63) is 0 Å². The van der Waals surface area contributed by atoms with Crippen LogP contribution in [0.4, 0.5) is 0 Å². The predicted molar refractivity (Wildman–Crippen MR) is 63.8 cm³/mol. The van der Waals surface area contributed by atoms with Crippen LogP contribution in [-0.2, 0) is 0 Å². The molecule has 0 rings (SSSR count). The van der Waals surface area contributed by atoms with Gasteiger partial charge in [0.15, 0.2) is 0 Å². The summed E-state index contributed by atoms with van der Waals surface area (Å²) in [6.07, 6.45) is 1.91. The molecule has 3 heteroatoms. The Morgan fingerprint density at radius 2 is 1.93 bits per heavy atom. The smallest absolute Gasteiger partial charge is 0.0766 e. The average molecular weight is 217 g/mol. The molecule has 0 saturated carbocycles. The predicted octanol–water partition coefficient (Wildman–Crippen LogP) is 1.39. The van der Waals surface area contributed by atoms with Gasteiger partial charge in [0.1, 0.15) is 0 Å². The van der Waals surface area contributed by atoms with Crippen molar-refractivity contribution in [1.29, 1.82) is 0 Å². The first-order valence-electron chi connectivity index (χ1n) is 5.98. The zero-order chi connectivity index (χ0) is 11.9. The molecule has 0 aliphatic rings. The summed E-state index contributed by atoms with van der Waals surface area (Å²) in [7, 11) is 0. The van der Waals surface area contributed by atoms with Crippen molar-refractivity contribution in [3.8, 4) is 0 Å². The Morgan fingerprint density at radius 1 is 1.33 bits per heavy atom. The molecule has 0 aliphatic heterocycles. The van der Waals surface area contributed by atoms with E-state index in [1.807, 2.05) is 20.8 Å². The molecule has 0 bridgehead atoms. The van der Waals surface area contributed by atoms with Crippen LogP contribution in [0.25, 0.3) is 0 Å². The van der Waals surface area contributed by atoms with Gasteiger partial charge in [-0.15, -0.1) is 0 Å². The van der Waals surface area contributed by atoms with Gasteiger partial charge in [0, 0.05) is 13.2 Å². The van der Waals surface area contributed by atoms with Crippen molar-refractivity contribution in [2.24, 2.45) is 11.8 Å². The van der Waals surface area contributed by atoms with Gasteiger partial charge in [0.25, 0.3) is 0 Å². The highest BCUT2D eigenvalue weighted by atomic mass is 16.3. The molecule has 0 spiro atoms. The number of hydrogen-bond donors (Lipinski definition) is 3. The molecular weight excluding hydrogens is 190 g/mol. The summed E-state index contributed by atoms with van der Waals surface area (Å²) in [6.45, 7) is 9.77. The van der Waals surface area contributed by atoms with Gasteiger partial charge in [-0.1, -0.05) is 27.2 Å². The van der Waals surface area contributed by atoms with E-state index in [1.54, 1.807) is 0 Å². The molecule has 3 N–H and O–H groups in total. The van der Waals surface area contributed by atoms with E-state index < -0.39 is 5.60 Å². The number of nitrogens with one attached hydrogen (secondary N) is 1. The third-order valence-corrected chi connectivity index (χ3v) is 3.27. The van der Waals surface area contributed by atoms with Gasteiger partial charge < -0.3 is 15.5 Å². The summed E-state index contributed by atoms with van der Waals surface area (Å²) >= 11 is 0. The fourth-order valence-corrected chi connectivity index (χ4v) is 1.37. The zero-order valence-corrected chi connectivity index (χ0v) is 10.6. The van der Waals surface area contributed by atoms with Crippen LogP contribution in [0, 0.1) is 11.8 Å². The van der Waals surface area contributed by atoms with Crippen LogP contribution in [0.5, 0.6) is 0 Å². The molecule has 0 radical (unpaired) electrons. The van der Waals surface area contributed by atoms with Crippen molar-refractivity contribution in [2.75, 3.05) is 19.7 Å². The maximum Gasteiger partial charge on any atom is 0.0766 e. The topological polar surface area (TPSA) is 52.5 Å². The van der Waals surface area contributed by atoms with Crippen molar-refractivity contribution >= 4 is 0 Å². The van der Waals surface area contributed by atoms with Crippen LogP contribution in [-0.4, -0.2) is 35.5 Å². The van der Waals surface area contributed by atoms with Gasteiger partial charge in [-0.25, -0.2) is 0 Å². The molecule has 2 unspecified atom stereocenters. The van der Waals surface area contributed by atoms with E-state index in [4.69, 9.17) is 5.11 Å². The van der Waals surface area contributed by atoms with E-state index in [0.29, 0.717) is 12.5 Å².